The van der Waals surface area contributed by atoms with Crippen LogP contribution < -0.4 is 4.74 Å². The van der Waals surface area contributed by atoms with Gasteiger partial charge in [0.2, 0.25) is 0 Å². The van der Waals surface area contributed by atoms with Crippen molar-refractivity contribution in [2.45, 2.75) is 20.3 Å². The lowest BCUT2D eigenvalue weighted by Gasteiger charge is -2.34. The zero-order chi connectivity index (χ0) is 22.7. The first-order chi connectivity index (χ1) is 15.4. The van der Waals surface area contributed by atoms with E-state index in [1.165, 1.54) is 0 Å². The van der Waals surface area contributed by atoms with Crippen LogP contribution in [-0.4, -0.2) is 48.6 Å². The second kappa shape index (κ2) is 9.39. The van der Waals surface area contributed by atoms with E-state index in [0.717, 1.165) is 17.7 Å². The predicted octanol–water partition coefficient (Wildman–Crippen LogP) is 4.57. The number of rotatable bonds is 5. The van der Waals surface area contributed by atoms with Crippen molar-refractivity contribution >= 4 is 22.8 Å². The quantitative estimate of drug-likeness (QED) is 0.553. The van der Waals surface area contributed by atoms with E-state index in [2.05, 4.69) is 13.8 Å². The van der Waals surface area contributed by atoms with Crippen LogP contribution in [0.3, 0.4) is 0 Å². The van der Waals surface area contributed by atoms with Gasteiger partial charge in [-0.25, -0.2) is 9.78 Å². The number of benzene rings is 2. The fourth-order valence-corrected chi connectivity index (χ4v) is 4.42. The zero-order valence-electron chi connectivity index (χ0n) is 18.7. The van der Waals surface area contributed by atoms with Gasteiger partial charge in [0.05, 0.1) is 23.9 Å². The molecule has 32 heavy (non-hydrogen) atoms. The van der Waals surface area contributed by atoms with Crippen LogP contribution in [0.1, 0.15) is 30.6 Å². The molecule has 1 aliphatic rings. The lowest BCUT2D eigenvalue weighted by atomic mass is 9.92. The summed E-state index contributed by atoms with van der Waals surface area (Å²) < 4.78 is 10.7. The van der Waals surface area contributed by atoms with Crippen molar-refractivity contribution in [3.63, 3.8) is 0 Å². The Kier molecular flexibility index (Phi) is 6.40. The van der Waals surface area contributed by atoms with E-state index in [1.807, 2.05) is 48.5 Å². The highest BCUT2D eigenvalue weighted by Gasteiger charge is 2.26. The SMILES string of the molecule is COc1ccc(-c2cc(C(=O)OCC(=O)N3C[C@@H](C)C[C@H](C)C3)c3ccccc3n2)cc1. The fourth-order valence-electron chi connectivity index (χ4n) is 4.42. The first-order valence-electron chi connectivity index (χ1n) is 10.9. The van der Waals surface area contributed by atoms with Crippen molar-refractivity contribution in [3.8, 4) is 17.0 Å². The maximum atomic E-state index is 13.0. The summed E-state index contributed by atoms with van der Waals surface area (Å²) in [6.07, 6.45) is 1.11. The largest absolute Gasteiger partial charge is 0.497 e. The van der Waals surface area contributed by atoms with Crippen LogP contribution in [0.5, 0.6) is 5.75 Å². The maximum Gasteiger partial charge on any atom is 0.339 e. The Morgan fingerprint density at radius 2 is 1.72 bits per heavy atom. The number of pyridine rings is 1. The molecule has 0 bridgehead atoms. The van der Waals surface area contributed by atoms with Gasteiger partial charge in [0.15, 0.2) is 6.61 Å². The lowest BCUT2D eigenvalue weighted by molar-refractivity contribution is -0.137. The molecule has 1 aromatic heterocycles. The van der Waals surface area contributed by atoms with Gasteiger partial charge in [-0.15, -0.1) is 0 Å². The molecular formula is C26H28N2O4. The Morgan fingerprint density at radius 1 is 1.03 bits per heavy atom. The minimum Gasteiger partial charge on any atom is -0.497 e. The van der Waals surface area contributed by atoms with Gasteiger partial charge < -0.3 is 14.4 Å². The summed E-state index contributed by atoms with van der Waals surface area (Å²) in [5.41, 5.74) is 2.61. The van der Waals surface area contributed by atoms with Crippen LogP contribution in [0, 0.1) is 11.8 Å². The first-order valence-corrected chi connectivity index (χ1v) is 10.9. The second-order valence-corrected chi connectivity index (χ2v) is 8.62. The third-order valence-electron chi connectivity index (χ3n) is 5.87. The molecule has 0 aliphatic carbocycles. The molecule has 6 heteroatoms. The number of methoxy groups -OCH3 is 1. The minimum absolute atomic E-state index is 0.148. The number of amides is 1. The van der Waals surface area contributed by atoms with Crippen LogP contribution in [-0.2, 0) is 9.53 Å². The Labute approximate surface area is 188 Å². The molecule has 0 unspecified atom stereocenters. The number of esters is 1. The standard InChI is InChI=1S/C26H28N2O4/c1-17-12-18(2)15-28(14-17)25(29)16-32-26(30)22-13-24(19-8-10-20(31-3)11-9-19)27-23-7-5-4-6-21(22)23/h4-11,13,17-18H,12,14-16H2,1-3H3/t17-,18-/m0/s1. The molecule has 0 radical (unpaired) electrons. The number of fused-ring (bicyclic) bond motifs is 1. The third-order valence-corrected chi connectivity index (χ3v) is 5.87. The van der Waals surface area contributed by atoms with Gasteiger partial charge in [-0.2, -0.15) is 0 Å². The van der Waals surface area contributed by atoms with Crippen molar-refractivity contribution in [2.24, 2.45) is 11.8 Å². The van der Waals surface area contributed by atoms with Crippen molar-refractivity contribution in [1.82, 2.24) is 9.88 Å². The number of ether oxygens (including phenoxy) is 2. The number of aromatic nitrogens is 1. The summed E-state index contributed by atoms with van der Waals surface area (Å²) in [4.78, 5) is 32.2. The van der Waals surface area contributed by atoms with Gasteiger partial charge in [0.1, 0.15) is 5.75 Å². The molecular weight excluding hydrogens is 404 g/mol. The van der Waals surface area contributed by atoms with Crippen LogP contribution >= 0.6 is 0 Å². The summed E-state index contributed by atoms with van der Waals surface area (Å²) in [6.45, 7) is 5.45. The number of carbonyl (C=O) groups is 2. The maximum absolute atomic E-state index is 13.0. The summed E-state index contributed by atoms with van der Waals surface area (Å²) in [7, 11) is 1.61. The van der Waals surface area contributed by atoms with Crippen LogP contribution in [0.2, 0.25) is 0 Å². The Morgan fingerprint density at radius 3 is 2.41 bits per heavy atom. The highest BCUT2D eigenvalue weighted by Crippen LogP contribution is 2.27. The second-order valence-electron chi connectivity index (χ2n) is 8.62. The molecule has 0 spiro atoms. The van der Waals surface area contributed by atoms with Crippen molar-refractivity contribution in [1.29, 1.82) is 0 Å². The molecule has 4 rings (SSSR count). The van der Waals surface area contributed by atoms with Crippen LogP contribution in [0.25, 0.3) is 22.2 Å². The van der Waals surface area contributed by atoms with Gasteiger partial charge in [-0.1, -0.05) is 32.0 Å². The van der Waals surface area contributed by atoms with Crippen LogP contribution in [0.15, 0.2) is 54.6 Å². The van der Waals surface area contributed by atoms with E-state index in [-0.39, 0.29) is 12.5 Å². The number of likely N-dealkylation sites (tertiary alicyclic amines) is 1. The van der Waals surface area contributed by atoms with Gasteiger partial charge in [-0.3, -0.25) is 4.79 Å². The molecule has 166 valence electrons. The molecule has 6 nitrogen and oxygen atoms in total. The van der Waals surface area contributed by atoms with E-state index in [4.69, 9.17) is 14.5 Å². The normalized spacial score (nSPS) is 18.4. The fraction of sp³-hybridized carbons (Fsp3) is 0.346. The first kappa shape index (κ1) is 21.8. The molecule has 1 fully saturated rings. The molecule has 0 saturated carbocycles. The Bertz CT molecular complexity index is 1120. The Balaban J connectivity index is 1.57. The molecule has 1 amide bonds. The highest BCUT2D eigenvalue weighted by molar-refractivity contribution is 6.05. The lowest BCUT2D eigenvalue weighted by Crippen LogP contribution is -2.44. The van der Waals surface area contributed by atoms with E-state index in [1.54, 1.807) is 18.1 Å². The zero-order valence-corrected chi connectivity index (χ0v) is 18.7. The van der Waals surface area contributed by atoms with Gasteiger partial charge >= 0.3 is 5.97 Å². The summed E-state index contributed by atoms with van der Waals surface area (Å²) >= 11 is 0. The molecule has 1 saturated heterocycles. The van der Waals surface area contributed by atoms with Gasteiger partial charge in [-0.05, 0) is 54.7 Å². The topological polar surface area (TPSA) is 68.7 Å². The van der Waals surface area contributed by atoms with Crippen molar-refractivity contribution in [2.75, 3.05) is 26.8 Å². The average Bonchev–Trinajstić information content (AvgIpc) is 2.81. The third kappa shape index (κ3) is 4.74. The smallest absolute Gasteiger partial charge is 0.339 e. The summed E-state index contributed by atoms with van der Waals surface area (Å²) in [6, 6.07) is 16.7. The Hall–Kier alpha value is -3.41. The van der Waals surface area contributed by atoms with E-state index < -0.39 is 5.97 Å². The monoisotopic (exact) mass is 432 g/mol. The minimum atomic E-state index is -0.523. The molecule has 2 atom stereocenters. The number of piperidine rings is 1. The number of nitrogens with zero attached hydrogens (tertiary/aromatic N) is 2. The summed E-state index contributed by atoms with van der Waals surface area (Å²) in [5, 5.41) is 0.697. The number of hydrogen-bond acceptors (Lipinski definition) is 5. The van der Waals surface area contributed by atoms with E-state index in [0.29, 0.717) is 47.1 Å². The van der Waals surface area contributed by atoms with Gasteiger partial charge in [0, 0.05) is 24.0 Å². The number of carbonyl (C=O) groups excluding carboxylic acids is 2. The highest BCUT2D eigenvalue weighted by atomic mass is 16.5. The molecule has 2 heterocycles. The molecule has 2 aromatic carbocycles. The van der Waals surface area contributed by atoms with Gasteiger partial charge in [0.25, 0.3) is 5.91 Å². The molecule has 3 aromatic rings. The van der Waals surface area contributed by atoms with Crippen LogP contribution in [0.4, 0.5) is 0 Å². The summed E-state index contributed by atoms with van der Waals surface area (Å²) in [5.74, 6) is 0.980. The molecule has 1 aliphatic heterocycles. The molecule has 0 N–H and O–H groups in total. The number of hydrogen-bond donors (Lipinski definition) is 0. The predicted molar refractivity (Wildman–Crippen MR) is 124 cm³/mol. The van der Waals surface area contributed by atoms with E-state index >= 15 is 0 Å². The van der Waals surface area contributed by atoms with E-state index in [9.17, 15) is 9.59 Å². The van der Waals surface area contributed by atoms with Crippen molar-refractivity contribution in [3.05, 3.63) is 60.2 Å². The number of para-hydroxylation sites is 1. The van der Waals surface area contributed by atoms with Crippen molar-refractivity contribution < 1.29 is 19.1 Å². The average molecular weight is 433 g/mol.